The van der Waals surface area contributed by atoms with Crippen molar-refractivity contribution in [2.24, 2.45) is 5.73 Å². The van der Waals surface area contributed by atoms with Crippen molar-refractivity contribution in [3.05, 3.63) is 53.9 Å². The molecule has 4 nitrogen and oxygen atoms in total. The zero-order valence-corrected chi connectivity index (χ0v) is 11.3. The van der Waals surface area contributed by atoms with Crippen LogP contribution in [-0.4, -0.2) is 17.1 Å². The van der Waals surface area contributed by atoms with E-state index in [9.17, 15) is 0 Å². The predicted octanol–water partition coefficient (Wildman–Crippen LogP) is 2.30. The van der Waals surface area contributed by atoms with Crippen molar-refractivity contribution in [2.75, 3.05) is 7.11 Å². The number of pyridine rings is 1. The van der Waals surface area contributed by atoms with Crippen LogP contribution in [0.3, 0.4) is 0 Å². The summed E-state index contributed by atoms with van der Waals surface area (Å²) in [4.78, 5) is 4.31. The van der Waals surface area contributed by atoms with Crippen LogP contribution < -0.4 is 15.2 Å². The summed E-state index contributed by atoms with van der Waals surface area (Å²) in [5, 5.41) is 0. The van der Waals surface area contributed by atoms with Crippen LogP contribution in [0.2, 0.25) is 0 Å². The Bertz CT molecular complexity index is 570. The molecule has 0 amide bonds. The van der Waals surface area contributed by atoms with Crippen molar-refractivity contribution in [2.45, 2.75) is 6.61 Å². The van der Waals surface area contributed by atoms with Crippen LogP contribution in [-0.2, 0) is 6.61 Å². The molecule has 0 aliphatic carbocycles. The zero-order chi connectivity index (χ0) is 13.7. The minimum Gasteiger partial charge on any atom is -0.497 e. The predicted molar refractivity (Wildman–Crippen MR) is 77.5 cm³/mol. The Balaban J connectivity index is 2.07. The Morgan fingerprint density at radius 1 is 1.26 bits per heavy atom. The molecule has 2 rings (SSSR count). The molecule has 0 spiro atoms. The van der Waals surface area contributed by atoms with Gasteiger partial charge in [0.05, 0.1) is 18.9 Å². The molecule has 0 unspecified atom stereocenters. The molecule has 1 aromatic heterocycles. The Kier molecular flexibility index (Phi) is 4.30. The Morgan fingerprint density at radius 3 is 2.63 bits per heavy atom. The van der Waals surface area contributed by atoms with Crippen molar-refractivity contribution in [3.8, 4) is 11.5 Å². The highest BCUT2D eigenvalue weighted by Crippen LogP contribution is 2.18. The fraction of sp³-hybridized carbons (Fsp3) is 0.143. The first kappa shape index (κ1) is 13.3. The lowest BCUT2D eigenvalue weighted by molar-refractivity contribution is 0.304. The van der Waals surface area contributed by atoms with Gasteiger partial charge >= 0.3 is 0 Å². The van der Waals surface area contributed by atoms with Crippen molar-refractivity contribution in [3.63, 3.8) is 0 Å². The number of aromatic nitrogens is 1. The standard InChI is InChI=1S/C14H14N2O2S/c1-17-11-4-2-10(3-5-11)9-18-13-8-16-7-6-12(13)14(15)19/h2-8H,9H2,1H3,(H2,15,19). The summed E-state index contributed by atoms with van der Waals surface area (Å²) in [6.45, 7) is 0.422. The first-order chi connectivity index (χ1) is 9.20. The second kappa shape index (κ2) is 6.15. The maximum absolute atomic E-state index is 5.69. The number of rotatable bonds is 5. The average molecular weight is 274 g/mol. The van der Waals surface area contributed by atoms with Gasteiger partial charge in [-0.15, -0.1) is 0 Å². The number of methoxy groups -OCH3 is 1. The summed E-state index contributed by atoms with van der Waals surface area (Å²) in [6, 6.07) is 9.39. The number of nitrogens with two attached hydrogens (primary N) is 1. The van der Waals surface area contributed by atoms with Crippen LogP contribution in [0.25, 0.3) is 0 Å². The van der Waals surface area contributed by atoms with E-state index in [0.29, 0.717) is 22.9 Å². The largest absolute Gasteiger partial charge is 0.497 e. The van der Waals surface area contributed by atoms with Gasteiger partial charge in [0.15, 0.2) is 0 Å². The van der Waals surface area contributed by atoms with Crippen LogP contribution in [0.4, 0.5) is 0 Å². The molecule has 0 bridgehead atoms. The molecular formula is C14H14N2O2S. The van der Waals surface area contributed by atoms with Gasteiger partial charge in [-0.05, 0) is 23.8 Å². The first-order valence-corrected chi connectivity index (χ1v) is 6.11. The maximum atomic E-state index is 5.69. The highest BCUT2D eigenvalue weighted by Gasteiger charge is 2.06. The summed E-state index contributed by atoms with van der Waals surface area (Å²) in [5.41, 5.74) is 7.35. The summed E-state index contributed by atoms with van der Waals surface area (Å²) >= 11 is 4.97. The third kappa shape index (κ3) is 3.42. The molecule has 1 aromatic carbocycles. The summed E-state index contributed by atoms with van der Waals surface area (Å²) in [6.07, 6.45) is 3.24. The summed E-state index contributed by atoms with van der Waals surface area (Å²) in [5.74, 6) is 1.40. The Hall–Kier alpha value is -2.14. The zero-order valence-electron chi connectivity index (χ0n) is 10.5. The normalized spacial score (nSPS) is 9.95. The van der Waals surface area contributed by atoms with Crippen LogP contribution in [0.15, 0.2) is 42.7 Å². The van der Waals surface area contributed by atoms with Gasteiger partial charge in [-0.25, -0.2) is 0 Å². The molecule has 0 atom stereocenters. The lowest BCUT2D eigenvalue weighted by Gasteiger charge is -2.10. The van der Waals surface area contributed by atoms with Gasteiger partial charge < -0.3 is 15.2 Å². The average Bonchev–Trinajstić information content (AvgIpc) is 2.46. The SMILES string of the molecule is COc1ccc(COc2cnccc2C(N)=S)cc1. The van der Waals surface area contributed by atoms with E-state index in [1.54, 1.807) is 25.6 Å². The molecular weight excluding hydrogens is 260 g/mol. The lowest BCUT2D eigenvalue weighted by Crippen LogP contribution is -2.11. The number of ether oxygens (including phenoxy) is 2. The highest BCUT2D eigenvalue weighted by atomic mass is 32.1. The van der Waals surface area contributed by atoms with Crippen LogP contribution in [0, 0.1) is 0 Å². The van der Waals surface area contributed by atoms with Gasteiger partial charge in [0.25, 0.3) is 0 Å². The second-order valence-electron chi connectivity index (χ2n) is 3.87. The smallest absolute Gasteiger partial charge is 0.148 e. The number of benzene rings is 1. The van der Waals surface area contributed by atoms with Crippen LogP contribution >= 0.6 is 12.2 Å². The lowest BCUT2D eigenvalue weighted by atomic mass is 10.2. The van der Waals surface area contributed by atoms with Gasteiger partial charge in [-0.1, -0.05) is 24.4 Å². The van der Waals surface area contributed by atoms with E-state index in [2.05, 4.69) is 4.98 Å². The van der Waals surface area contributed by atoms with Gasteiger partial charge in [-0.2, -0.15) is 0 Å². The number of hydrogen-bond acceptors (Lipinski definition) is 4. The van der Waals surface area contributed by atoms with Gasteiger partial charge in [0.1, 0.15) is 23.1 Å². The summed E-state index contributed by atoms with van der Waals surface area (Å²) < 4.78 is 10.8. The first-order valence-electron chi connectivity index (χ1n) is 5.70. The van der Waals surface area contributed by atoms with E-state index in [0.717, 1.165) is 11.3 Å². The molecule has 2 N–H and O–H groups in total. The van der Waals surface area contributed by atoms with Crippen LogP contribution in [0.1, 0.15) is 11.1 Å². The Morgan fingerprint density at radius 2 is 2.00 bits per heavy atom. The quantitative estimate of drug-likeness (QED) is 0.848. The van der Waals surface area contributed by atoms with E-state index in [-0.39, 0.29) is 0 Å². The van der Waals surface area contributed by atoms with Crippen molar-refractivity contribution < 1.29 is 9.47 Å². The molecule has 0 aliphatic rings. The molecule has 2 aromatic rings. The third-order valence-corrected chi connectivity index (χ3v) is 2.82. The Labute approximate surface area is 117 Å². The second-order valence-corrected chi connectivity index (χ2v) is 4.31. The third-order valence-electron chi connectivity index (χ3n) is 2.60. The fourth-order valence-electron chi connectivity index (χ4n) is 1.58. The molecule has 0 saturated heterocycles. The van der Waals surface area contributed by atoms with Crippen molar-refractivity contribution in [1.29, 1.82) is 0 Å². The van der Waals surface area contributed by atoms with Crippen molar-refractivity contribution in [1.82, 2.24) is 4.98 Å². The summed E-state index contributed by atoms with van der Waals surface area (Å²) in [7, 11) is 1.63. The molecule has 5 heteroatoms. The highest BCUT2D eigenvalue weighted by molar-refractivity contribution is 7.80. The number of nitrogens with zero attached hydrogens (tertiary/aromatic N) is 1. The van der Waals surface area contributed by atoms with E-state index in [1.165, 1.54) is 0 Å². The topological polar surface area (TPSA) is 57.4 Å². The molecule has 0 radical (unpaired) electrons. The van der Waals surface area contributed by atoms with Crippen LogP contribution in [0.5, 0.6) is 11.5 Å². The molecule has 98 valence electrons. The fourth-order valence-corrected chi connectivity index (χ4v) is 1.75. The molecule has 19 heavy (non-hydrogen) atoms. The van der Waals surface area contributed by atoms with Crippen molar-refractivity contribution >= 4 is 17.2 Å². The van der Waals surface area contributed by atoms with E-state index < -0.39 is 0 Å². The van der Waals surface area contributed by atoms with Gasteiger partial charge in [0.2, 0.25) is 0 Å². The van der Waals surface area contributed by atoms with E-state index in [1.807, 2.05) is 24.3 Å². The molecule has 1 heterocycles. The minimum atomic E-state index is 0.298. The van der Waals surface area contributed by atoms with Gasteiger partial charge in [-0.3, -0.25) is 4.98 Å². The minimum absolute atomic E-state index is 0.298. The monoisotopic (exact) mass is 274 g/mol. The maximum Gasteiger partial charge on any atom is 0.148 e. The van der Waals surface area contributed by atoms with E-state index in [4.69, 9.17) is 27.4 Å². The number of hydrogen-bond donors (Lipinski definition) is 1. The molecule has 0 aliphatic heterocycles. The van der Waals surface area contributed by atoms with E-state index >= 15 is 0 Å². The number of thiocarbonyl (C=S) groups is 1. The van der Waals surface area contributed by atoms with Gasteiger partial charge in [0, 0.05) is 6.20 Å². The molecule has 0 saturated carbocycles. The molecule has 0 fully saturated rings.